The number of rotatable bonds is 17. The summed E-state index contributed by atoms with van der Waals surface area (Å²) in [5.74, 6) is -0.924. The molecule has 34 heavy (non-hydrogen) atoms. The lowest BCUT2D eigenvalue weighted by Crippen LogP contribution is -2.33. The zero-order chi connectivity index (χ0) is 25.2. The Bertz CT molecular complexity index is 653. The second-order valence-corrected chi connectivity index (χ2v) is 9.52. The molecular formula is C28H46O6. The Morgan fingerprint density at radius 1 is 0.882 bits per heavy atom. The molecule has 4 atom stereocenters. The predicted molar refractivity (Wildman–Crippen MR) is 134 cm³/mol. The zero-order valence-corrected chi connectivity index (χ0v) is 21.5. The van der Waals surface area contributed by atoms with Crippen molar-refractivity contribution in [1.29, 1.82) is 0 Å². The van der Waals surface area contributed by atoms with E-state index in [4.69, 9.17) is 14.6 Å². The molecule has 194 valence electrons. The van der Waals surface area contributed by atoms with E-state index in [9.17, 15) is 14.4 Å². The first-order valence-electron chi connectivity index (χ1n) is 13.2. The van der Waals surface area contributed by atoms with E-state index in [0.29, 0.717) is 12.8 Å². The summed E-state index contributed by atoms with van der Waals surface area (Å²) in [6.07, 6.45) is 21.1. The van der Waals surface area contributed by atoms with Crippen molar-refractivity contribution in [3.63, 3.8) is 0 Å². The molecule has 0 aromatic carbocycles. The van der Waals surface area contributed by atoms with Crippen LogP contribution in [-0.2, 0) is 23.9 Å². The van der Waals surface area contributed by atoms with Crippen LogP contribution in [0.5, 0.6) is 0 Å². The van der Waals surface area contributed by atoms with Crippen molar-refractivity contribution >= 4 is 17.9 Å². The molecule has 1 N–H and O–H groups in total. The number of carboxylic acids is 1. The SMILES string of the molecule is CCCCCCCCC(/C=C/C=C/[C@@H]1CCCC[C@@H]1C(CCCC(=O)O)OC(C)=O)OC(C)=O. The van der Waals surface area contributed by atoms with Crippen LogP contribution in [-0.4, -0.2) is 35.2 Å². The standard InChI is InChI=1S/C28H46O6/c1-4-5-6-7-8-9-17-25(33-22(2)29)18-12-10-15-24-16-11-13-19-26(24)27(34-23(3)30)20-14-21-28(31)32/h10,12,15,18,24-27H,4-9,11,13-14,16-17,19-21H2,1-3H3,(H,31,32)/b15-10+,18-12+/t24-,25?,26+,27?/m1/s1. The zero-order valence-electron chi connectivity index (χ0n) is 21.5. The number of unbranched alkanes of at least 4 members (excludes halogenated alkanes) is 5. The van der Waals surface area contributed by atoms with Gasteiger partial charge in [0.2, 0.25) is 0 Å². The Kier molecular flexibility index (Phi) is 16.1. The fraction of sp³-hybridized carbons (Fsp3) is 0.750. The first-order chi connectivity index (χ1) is 16.3. The number of allylic oxidation sites excluding steroid dienone is 3. The minimum Gasteiger partial charge on any atom is -0.481 e. The van der Waals surface area contributed by atoms with Gasteiger partial charge in [-0.15, -0.1) is 0 Å². The molecule has 1 saturated carbocycles. The summed E-state index contributed by atoms with van der Waals surface area (Å²) in [5, 5.41) is 8.96. The largest absolute Gasteiger partial charge is 0.481 e. The minimum atomic E-state index is -0.824. The number of carboxylic acid groups (broad SMARTS) is 1. The van der Waals surface area contributed by atoms with Gasteiger partial charge in [0.15, 0.2) is 0 Å². The predicted octanol–water partition coefficient (Wildman–Crippen LogP) is 6.77. The molecule has 0 aromatic heterocycles. The summed E-state index contributed by atoms with van der Waals surface area (Å²) in [5.41, 5.74) is 0. The van der Waals surface area contributed by atoms with Crippen LogP contribution in [0.25, 0.3) is 0 Å². The quantitative estimate of drug-likeness (QED) is 0.141. The van der Waals surface area contributed by atoms with E-state index in [2.05, 4.69) is 13.0 Å². The van der Waals surface area contributed by atoms with Crippen molar-refractivity contribution in [3.8, 4) is 0 Å². The average Bonchev–Trinajstić information content (AvgIpc) is 2.77. The number of carbonyl (C=O) groups is 3. The van der Waals surface area contributed by atoms with Gasteiger partial charge in [0.05, 0.1) is 0 Å². The molecule has 0 aromatic rings. The fourth-order valence-corrected chi connectivity index (χ4v) is 4.85. The van der Waals surface area contributed by atoms with Gasteiger partial charge in [-0.3, -0.25) is 14.4 Å². The summed E-state index contributed by atoms with van der Waals surface area (Å²) in [4.78, 5) is 34.1. The summed E-state index contributed by atoms with van der Waals surface area (Å²) in [7, 11) is 0. The molecule has 0 spiro atoms. The van der Waals surface area contributed by atoms with Crippen molar-refractivity contribution in [2.24, 2.45) is 11.8 Å². The van der Waals surface area contributed by atoms with Crippen LogP contribution in [0.1, 0.15) is 111 Å². The van der Waals surface area contributed by atoms with E-state index < -0.39 is 5.97 Å². The number of esters is 2. The Morgan fingerprint density at radius 2 is 1.56 bits per heavy atom. The Morgan fingerprint density at radius 3 is 2.24 bits per heavy atom. The van der Waals surface area contributed by atoms with Crippen molar-refractivity contribution in [2.45, 2.75) is 123 Å². The van der Waals surface area contributed by atoms with Gasteiger partial charge in [0, 0.05) is 26.2 Å². The highest BCUT2D eigenvalue weighted by Crippen LogP contribution is 2.36. The lowest BCUT2D eigenvalue weighted by Gasteiger charge is -2.35. The number of hydrogen-bond donors (Lipinski definition) is 1. The summed E-state index contributed by atoms with van der Waals surface area (Å²) in [6, 6.07) is 0. The Hall–Kier alpha value is -2.11. The third kappa shape index (κ3) is 14.2. The summed E-state index contributed by atoms with van der Waals surface area (Å²) >= 11 is 0. The third-order valence-corrected chi connectivity index (χ3v) is 6.50. The summed E-state index contributed by atoms with van der Waals surface area (Å²) in [6.45, 7) is 5.07. The molecule has 6 heteroatoms. The van der Waals surface area contributed by atoms with Crippen LogP contribution < -0.4 is 0 Å². The highest BCUT2D eigenvalue weighted by atomic mass is 16.5. The van der Waals surface area contributed by atoms with Gasteiger partial charge in [-0.05, 0) is 50.5 Å². The third-order valence-electron chi connectivity index (χ3n) is 6.50. The van der Waals surface area contributed by atoms with Crippen LogP contribution in [0.15, 0.2) is 24.3 Å². The van der Waals surface area contributed by atoms with Crippen molar-refractivity contribution in [1.82, 2.24) is 0 Å². The van der Waals surface area contributed by atoms with Crippen molar-refractivity contribution in [2.75, 3.05) is 0 Å². The molecule has 0 saturated heterocycles. The molecule has 1 rings (SSSR count). The maximum atomic E-state index is 11.7. The maximum absolute atomic E-state index is 11.7. The highest BCUT2D eigenvalue weighted by Gasteiger charge is 2.32. The van der Waals surface area contributed by atoms with E-state index >= 15 is 0 Å². The molecule has 1 aliphatic rings. The molecule has 1 fully saturated rings. The van der Waals surface area contributed by atoms with E-state index in [-0.39, 0.29) is 42.4 Å². The van der Waals surface area contributed by atoms with E-state index in [1.165, 1.54) is 39.5 Å². The molecule has 6 nitrogen and oxygen atoms in total. The van der Waals surface area contributed by atoms with Crippen LogP contribution >= 0.6 is 0 Å². The van der Waals surface area contributed by atoms with Gasteiger partial charge in [-0.1, -0.05) is 70.1 Å². The smallest absolute Gasteiger partial charge is 0.303 e. The Labute approximate surface area is 206 Å². The number of aliphatic carboxylic acids is 1. The minimum absolute atomic E-state index is 0.0872. The van der Waals surface area contributed by atoms with Crippen molar-refractivity contribution < 1.29 is 29.0 Å². The van der Waals surface area contributed by atoms with E-state index in [0.717, 1.165) is 44.9 Å². The van der Waals surface area contributed by atoms with Crippen LogP contribution in [0, 0.1) is 11.8 Å². The number of ether oxygens (including phenoxy) is 2. The van der Waals surface area contributed by atoms with Crippen LogP contribution in [0.3, 0.4) is 0 Å². The second-order valence-electron chi connectivity index (χ2n) is 9.52. The van der Waals surface area contributed by atoms with Crippen LogP contribution in [0.2, 0.25) is 0 Å². The van der Waals surface area contributed by atoms with Crippen LogP contribution in [0.4, 0.5) is 0 Å². The first-order valence-corrected chi connectivity index (χ1v) is 13.2. The first kappa shape index (κ1) is 29.9. The van der Waals surface area contributed by atoms with Gasteiger partial charge in [0.1, 0.15) is 12.2 Å². The fourth-order valence-electron chi connectivity index (χ4n) is 4.85. The van der Waals surface area contributed by atoms with E-state index in [1.807, 2.05) is 18.2 Å². The van der Waals surface area contributed by atoms with Gasteiger partial charge >= 0.3 is 17.9 Å². The van der Waals surface area contributed by atoms with Gasteiger partial charge < -0.3 is 14.6 Å². The Balaban J connectivity index is 2.69. The topological polar surface area (TPSA) is 89.9 Å². The van der Waals surface area contributed by atoms with Gasteiger partial charge in [-0.2, -0.15) is 0 Å². The number of hydrogen-bond acceptors (Lipinski definition) is 5. The van der Waals surface area contributed by atoms with E-state index in [1.54, 1.807) is 0 Å². The average molecular weight is 479 g/mol. The molecular weight excluding hydrogens is 432 g/mol. The maximum Gasteiger partial charge on any atom is 0.303 e. The molecule has 2 unspecified atom stereocenters. The molecule has 0 radical (unpaired) electrons. The monoisotopic (exact) mass is 478 g/mol. The van der Waals surface area contributed by atoms with Crippen molar-refractivity contribution in [3.05, 3.63) is 24.3 Å². The lowest BCUT2D eigenvalue weighted by atomic mass is 9.75. The molecule has 0 amide bonds. The second kappa shape index (κ2) is 18.2. The highest BCUT2D eigenvalue weighted by molar-refractivity contribution is 5.67. The van der Waals surface area contributed by atoms with Gasteiger partial charge in [0.25, 0.3) is 0 Å². The molecule has 0 aliphatic heterocycles. The normalized spacial score (nSPS) is 20.3. The molecule has 0 bridgehead atoms. The molecule has 1 aliphatic carbocycles. The lowest BCUT2D eigenvalue weighted by molar-refractivity contribution is -0.151. The summed E-state index contributed by atoms with van der Waals surface area (Å²) < 4.78 is 11.1. The van der Waals surface area contributed by atoms with Gasteiger partial charge in [-0.25, -0.2) is 0 Å². The number of carbonyl (C=O) groups excluding carboxylic acids is 2. The molecule has 0 heterocycles.